The van der Waals surface area contributed by atoms with E-state index < -0.39 is 0 Å². The van der Waals surface area contributed by atoms with Gasteiger partial charge >= 0.3 is 0 Å². The minimum Gasteiger partial charge on any atom is -0.327 e. The molecular formula is C5H12IN. The molecule has 2 N–H and O–H groups in total. The van der Waals surface area contributed by atoms with Gasteiger partial charge in [-0.2, -0.15) is 0 Å². The highest BCUT2D eigenvalue weighted by Gasteiger charge is 2.02. The van der Waals surface area contributed by atoms with Gasteiger partial charge < -0.3 is 5.73 Å². The monoisotopic (exact) mass is 213 g/mol. The van der Waals surface area contributed by atoms with E-state index in [0.29, 0.717) is 12.0 Å². The maximum absolute atomic E-state index is 5.61. The molecule has 1 nitrogen and oxygen atoms in total. The molecule has 0 aliphatic carbocycles. The van der Waals surface area contributed by atoms with Gasteiger partial charge in [-0.05, 0) is 5.92 Å². The highest BCUT2D eigenvalue weighted by molar-refractivity contribution is 14.1. The fourth-order valence-corrected chi connectivity index (χ4v) is 1.20. The van der Waals surface area contributed by atoms with E-state index in [4.69, 9.17) is 5.73 Å². The smallest absolute Gasteiger partial charge is 0.0152 e. The van der Waals surface area contributed by atoms with Crippen molar-refractivity contribution in [3.05, 3.63) is 0 Å². The van der Waals surface area contributed by atoms with Crippen molar-refractivity contribution in [2.75, 3.05) is 4.43 Å². The van der Waals surface area contributed by atoms with Crippen LogP contribution in [0.1, 0.15) is 13.8 Å². The summed E-state index contributed by atoms with van der Waals surface area (Å²) in [5.74, 6) is 0.636. The van der Waals surface area contributed by atoms with E-state index in [-0.39, 0.29) is 0 Å². The van der Waals surface area contributed by atoms with E-state index >= 15 is 0 Å². The molecule has 0 bridgehead atoms. The van der Waals surface area contributed by atoms with Crippen LogP contribution in [-0.2, 0) is 0 Å². The molecule has 0 rings (SSSR count). The molecule has 0 spiro atoms. The molecule has 7 heavy (non-hydrogen) atoms. The third-order valence-corrected chi connectivity index (χ3v) is 2.05. The topological polar surface area (TPSA) is 26.0 Å². The molecule has 0 saturated carbocycles. The molecule has 0 amide bonds. The first-order chi connectivity index (χ1) is 3.18. The lowest BCUT2D eigenvalue weighted by Crippen LogP contribution is -2.27. The first-order valence-electron chi connectivity index (χ1n) is 2.50. The second kappa shape index (κ2) is 3.66. The number of nitrogens with two attached hydrogens (primary N) is 1. The van der Waals surface area contributed by atoms with Crippen LogP contribution >= 0.6 is 22.6 Å². The molecule has 1 atom stereocenters. The highest BCUT2D eigenvalue weighted by atomic mass is 127. The van der Waals surface area contributed by atoms with Gasteiger partial charge in [-0.15, -0.1) is 0 Å². The summed E-state index contributed by atoms with van der Waals surface area (Å²) in [6, 6.07) is 0.389. The zero-order valence-electron chi connectivity index (χ0n) is 4.82. The summed E-state index contributed by atoms with van der Waals surface area (Å²) in [5.41, 5.74) is 5.61. The Hall–Kier alpha value is 0.690. The lowest BCUT2D eigenvalue weighted by atomic mass is 10.1. The van der Waals surface area contributed by atoms with Crippen LogP contribution in [0.5, 0.6) is 0 Å². The Balaban J connectivity index is 3.14. The van der Waals surface area contributed by atoms with Crippen LogP contribution in [-0.4, -0.2) is 10.5 Å². The van der Waals surface area contributed by atoms with Gasteiger partial charge in [0.2, 0.25) is 0 Å². The summed E-state index contributed by atoms with van der Waals surface area (Å²) < 4.78 is 1.06. The second-order valence-electron chi connectivity index (χ2n) is 2.06. The summed E-state index contributed by atoms with van der Waals surface area (Å²) in [5, 5.41) is 0. The van der Waals surface area contributed by atoms with E-state index in [2.05, 4.69) is 36.4 Å². The number of rotatable bonds is 2. The van der Waals surface area contributed by atoms with Crippen molar-refractivity contribution in [1.82, 2.24) is 0 Å². The van der Waals surface area contributed by atoms with Gasteiger partial charge in [0.25, 0.3) is 0 Å². The molecule has 44 valence electrons. The highest BCUT2D eigenvalue weighted by Crippen LogP contribution is 2.00. The second-order valence-corrected chi connectivity index (χ2v) is 2.94. The normalized spacial score (nSPS) is 15.0. The predicted octanol–water partition coefficient (Wildman–Crippen LogP) is 1.40. The van der Waals surface area contributed by atoms with E-state index in [1.165, 1.54) is 0 Å². The minimum atomic E-state index is 0.389. The molecule has 0 aromatic rings. The summed E-state index contributed by atoms with van der Waals surface area (Å²) in [6.45, 7) is 4.28. The average Bonchev–Trinajstić information content (AvgIpc) is 1.65. The predicted molar refractivity (Wildman–Crippen MR) is 41.7 cm³/mol. The van der Waals surface area contributed by atoms with Crippen molar-refractivity contribution in [3.8, 4) is 0 Å². The standard InChI is InChI=1S/C5H12IN/c1-4(2)5(7)3-6/h4-5H,3,7H2,1-2H3/t5-/m1/s1. The number of halogens is 1. The van der Waals surface area contributed by atoms with Crippen LogP contribution in [0.2, 0.25) is 0 Å². The minimum absolute atomic E-state index is 0.389. The molecule has 0 saturated heterocycles. The third kappa shape index (κ3) is 3.29. The van der Waals surface area contributed by atoms with Gasteiger partial charge in [-0.25, -0.2) is 0 Å². The largest absolute Gasteiger partial charge is 0.327 e. The third-order valence-electron chi connectivity index (χ3n) is 1.03. The fourth-order valence-electron chi connectivity index (χ4n) is 0.178. The molecule has 2 heteroatoms. The summed E-state index contributed by atoms with van der Waals surface area (Å²) >= 11 is 2.30. The van der Waals surface area contributed by atoms with Crippen LogP contribution in [0.4, 0.5) is 0 Å². The Kier molecular flexibility index (Phi) is 4.02. The van der Waals surface area contributed by atoms with Crippen LogP contribution in [0, 0.1) is 5.92 Å². The number of alkyl halides is 1. The molecule has 0 aliphatic heterocycles. The van der Waals surface area contributed by atoms with E-state index in [9.17, 15) is 0 Å². The van der Waals surface area contributed by atoms with Crippen LogP contribution in [0.15, 0.2) is 0 Å². The lowest BCUT2D eigenvalue weighted by Gasteiger charge is -2.09. The molecule has 0 heterocycles. The summed E-state index contributed by atoms with van der Waals surface area (Å²) in [7, 11) is 0. The molecule has 0 unspecified atom stereocenters. The summed E-state index contributed by atoms with van der Waals surface area (Å²) in [6.07, 6.45) is 0. The molecule has 0 aliphatic rings. The molecule has 0 radical (unpaired) electrons. The quantitative estimate of drug-likeness (QED) is 0.544. The van der Waals surface area contributed by atoms with E-state index in [1.807, 2.05) is 0 Å². The van der Waals surface area contributed by atoms with Gasteiger partial charge in [0, 0.05) is 10.5 Å². The van der Waals surface area contributed by atoms with Gasteiger partial charge in [-0.1, -0.05) is 36.4 Å². The van der Waals surface area contributed by atoms with Crippen molar-refractivity contribution < 1.29 is 0 Å². The Morgan fingerprint density at radius 2 is 2.00 bits per heavy atom. The van der Waals surface area contributed by atoms with Gasteiger partial charge in [0.1, 0.15) is 0 Å². The maximum atomic E-state index is 5.61. The van der Waals surface area contributed by atoms with Crippen LogP contribution in [0.3, 0.4) is 0 Å². The van der Waals surface area contributed by atoms with E-state index in [0.717, 1.165) is 4.43 Å². The Morgan fingerprint density at radius 3 is 2.00 bits per heavy atom. The maximum Gasteiger partial charge on any atom is 0.0152 e. The molecule has 0 aromatic heterocycles. The zero-order valence-corrected chi connectivity index (χ0v) is 6.97. The number of hydrogen-bond acceptors (Lipinski definition) is 1. The SMILES string of the molecule is CC(C)[C@H](N)CI. The average molecular weight is 213 g/mol. The zero-order chi connectivity index (χ0) is 5.86. The fraction of sp³-hybridized carbons (Fsp3) is 1.00. The summed E-state index contributed by atoms with van der Waals surface area (Å²) in [4.78, 5) is 0. The van der Waals surface area contributed by atoms with Crippen molar-refractivity contribution in [1.29, 1.82) is 0 Å². The van der Waals surface area contributed by atoms with Crippen molar-refractivity contribution in [3.63, 3.8) is 0 Å². The van der Waals surface area contributed by atoms with Gasteiger partial charge in [0.15, 0.2) is 0 Å². The molecular weight excluding hydrogens is 201 g/mol. The van der Waals surface area contributed by atoms with Gasteiger partial charge in [0.05, 0.1) is 0 Å². The first-order valence-corrected chi connectivity index (χ1v) is 4.02. The van der Waals surface area contributed by atoms with Crippen molar-refractivity contribution in [2.45, 2.75) is 19.9 Å². The molecule has 0 aromatic carbocycles. The Bertz CT molecular complexity index is 45.3. The van der Waals surface area contributed by atoms with Gasteiger partial charge in [-0.3, -0.25) is 0 Å². The van der Waals surface area contributed by atoms with E-state index in [1.54, 1.807) is 0 Å². The van der Waals surface area contributed by atoms with Crippen LogP contribution in [0.25, 0.3) is 0 Å². The van der Waals surface area contributed by atoms with Crippen molar-refractivity contribution in [2.24, 2.45) is 11.7 Å². The Morgan fingerprint density at radius 1 is 1.57 bits per heavy atom. The lowest BCUT2D eigenvalue weighted by molar-refractivity contribution is 0.541. The number of hydrogen-bond donors (Lipinski definition) is 1. The first kappa shape index (κ1) is 7.69. The Labute approximate surface area is 58.8 Å². The van der Waals surface area contributed by atoms with Crippen molar-refractivity contribution >= 4 is 22.6 Å². The van der Waals surface area contributed by atoms with Crippen LogP contribution < -0.4 is 5.73 Å². The molecule has 0 fully saturated rings.